The average molecular weight is 304 g/mol. The first-order valence-corrected chi connectivity index (χ1v) is 3.73. The molecule has 0 aromatic heterocycles. The number of carboxylic acids is 2. The first kappa shape index (κ1) is 13.7. The van der Waals surface area contributed by atoms with Crippen molar-refractivity contribution in [2.75, 3.05) is 0 Å². The number of hydrogen-bond acceptors (Lipinski definition) is 3. The molecule has 6 heteroatoms. The smallest absolute Gasteiger partial charge is 0.339 e. The third kappa shape index (κ3) is 2.82. The minimum absolute atomic E-state index is 0. The number of carboxylic acid groups (broad SMARTS) is 2. The number of aromatic hydroxyl groups is 1. The van der Waals surface area contributed by atoms with Crippen molar-refractivity contribution in [3.05, 3.63) is 28.8 Å². The molecule has 0 saturated carbocycles. The summed E-state index contributed by atoms with van der Waals surface area (Å²) in [6.45, 7) is 1.48. The minimum Gasteiger partial charge on any atom is -0.507 e. The van der Waals surface area contributed by atoms with Gasteiger partial charge in [-0.25, -0.2) is 9.59 Å². The monoisotopic (exact) mass is 303 g/mol. The molecule has 15 heavy (non-hydrogen) atoms. The molecule has 1 radical (unpaired) electrons. The maximum atomic E-state index is 10.6. The summed E-state index contributed by atoms with van der Waals surface area (Å²) in [6.07, 6.45) is 0. The molecule has 0 spiro atoms. The van der Waals surface area contributed by atoms with Crippen LogP contribution in [0, 0.1) is 6.92 Å². The summed E-state index contributed by atoms with van der Waals surface area (Å²) in [7, 11) is 0. The minimum atomic E-state index is -1.36. The quantitative estimate of drug-likeness (QED) is 0.711. The van der Waals surface area contributed by atoms with Gasteiger partial charge in [-0.05, 0) is 24.6 Å². The van der Waals surface area contributed by atoms with Gasteiger partial charge in [0.1, 0.15) is 11.3 Å². The van der Waals surface area contributed by atoms with Crippen LogP contribution in [-0.2, 0) is 22.4 Å². The molecule has 1 aromatic rings. The van der Waals surface area contributed by atoms with Crippen molar-refractivity contribution in [2.24, 2.45) is 0 Å². The van der Waals surface area contributed by atoms with Gasteiger partial charge in [-0.3, -0.25) is 0 Å². The summed E-state index contributed by atoms with van der Waals surface area (Å²) < 4.78 is 0. The van der Waals surface area contributed by atoms with Gasteiger partial charge in [0, 0.05) is 22.4 Å². The first-order chi connectivity index (χ1) is 6.43. The van der Waals surface area contributed by atoms with E-state index in [4.69, 9.17) is 10.2 Å². The van der Waals surface area contributed by atoms with E-state index in [0.717, 1.165) is 12.1 Å². The molecule has 1 aromatic carbocycles. The number of hydrogen-bond donors (Lipinski definition) is 3. The van der Waals surface area contributed by atoms with E-state index in [0.29, 0.717) is 5.56 Å². The Kier molecular flexibility index (Phi) is 4.54. The molecule has 1 rings (SSSR count). The van der Waals surface area contributed by atoms with Crippen molar-refractivity contribution >= 4 is 11.9 Å². The molecule has 3 N–H and O–H groups in total. The van der Waals surface area contributed by atoms with E-state index in [1.54, 1.807) is 0 Å². The topological polar surface area (TPSA) is 94.8 Å². The fourth-order valence-electron chi connectivity index (χ4n) is 1.09. The first-order valence-electron chi connectivity index (χ1n) is 3.73. The molecule has 0 atom stereocenters. The van der Waals surface area contributed by atoms with Gasteiger partial charge in [-0.1, -0.05) is 0 Å². The Morgan fingerprint density at radius 1 is 1.07 bits per heavy atom. The van der Waals surface area contributed by atoms with Gasteiger partial charge in [0.05, 0.1) is 5.56 Å². The Balaban J connectivity index is 0.00000196. The van der Waals surface area contributed by atoms with Gasteiger partial charge in [-0.15, -0.1) is 0 Å². The Hall–Kier alpha value is -1.30. The molecule has 0 aliphatic heterocycles. The summed E-state index contributed by atoms with van der Waals surface area (Å²) >= 11 is 0. The van der Waals surface area contributed by atoms with Crippen LogP contribution in [-0.4, -0.2) is 27.3 Å². The SMILES string of the molecule is Cc1cc(O)c(C(=O)O)cc1C(=O)O.[Ag]. The second kappa shape index (κ2) is 4.97. The van der Waals surface area contributed by atoms with E-state index in [1.165, 1.54) is 6.92 Å². The van der Waals surface area contributed by atoms with E-state index in [-0.39, 0.29) is 27.9 Å². The Morgan fingerprint density at radius 2 is 1.53 bits per heavy atom. The van der Waals surface area contributed by atoms with Crippen molar-refractivity contribution in [3.8, 4) is 5.75 Å². The predicted octanol–water partition coefficient (Wildman–Crippen LogP) is 1.09. The van der Waals surface area contributed by atoms with E-state index in [1.807, 2.05) is 0 Å². The van der Waals surface area contributed by atoms with E-state index in [9.17, 15) is 14.7 Å². The van der Waals surface area contributed by atoms with Crippen LogP contribution in [0.2, 0.25) is 0 Å². The van der Waals surface area contributed by atoms with Crippen LogP contribution < -0.4 is 0 Å². The molecule has 0 aliphatic carbocycles. The van der Waals surface area contributed by atoms with Gasteiger partial charge in [0.25, 0.3) is 0 Å². The number of carbonyl (C=O) groups is 2. The summed E-state index contributed by atoms with van der Waals surface area (Å²) in [5, 5.41) is 26.5. The van der Waals surface area contributed by atoms with E-state index in [2.05, 4.69) is 0 Å². The normalized spacial score (nSPS) is 9.13. The van der Waals surface area contributed by atoms with Crippen molar-refractivity contribution in [1.82, 2.24) is 0 Å². The predicted molar refractivity (Wildman–Crippen MR) is 46.8 cm³/mol. The standard InChI is InChI=1S/C9H8O5.Ag/c1-4-2-7(10)6(9(13)14)3-5(4)8(11)12;/h2-3,10H,1H3,(H,11,12)(H,13,14);. The maximum Gasteiger partial charge on any atom is 0.339 e. The molecular formula is C9H8AgO5. The number of phenols is 1. The van der Waals surface area contributed by atoms with Crippen LogP contribution in [0.25, 0.3) is 0 Å². The molecule has 0 bridgehead atoms. The van der Waals surface area contributed by atoms with Gasteiger partial charge in [-0.2, -0.15) is 0 Å². The van der Waals surface area contributed by atoms with Crippen LogP contribution in [0.1, 0.15) is 26.3 Å². The molecule has 5 nitrogen and oxygen atoms in total. The molecule has 0 saturated heterocycles. The summed E-state index contributed by atoms with van der Waals surface area (Å²) in [4.78, 5) is 21.2. The van der Waals surface area contributed by atoms with Crippen LogP contribution >= 0.6 is 0 Å². The van der Waals surface area contributed by atoms with E-state index < -0.39 is 23.3 Å². The van der Waals surface area contributed by atoms with Crippen LogP contribution in [0.15, 0.2) is 12.1 Å². The molecule has 0 heterocycles. The van der Waals surface area contributed by atoms with Crippen molar-refractivity contribution in [3.63, 3.8) is 0 Å². The molecule has 0 amide bonds. The zero-order valence-corrected chi connectivity index (χ0v) is 9.10. The number of aromatic carboxylic acids is 2. The maximum absolute atomic E-state index is 10.6. The summed E-state index contributed by atoms with van der Waals surface area (Å²) in [5.74, 6) is -3.00. The molecule has 0 fully saturated rings. The molecular weight excluding hydrogens is 296 g/mol. The number of rotatable bonds is 2. The molecule has 85 valence electrons. The Bertz CT molecular complexity index is 378. The van der Waals surface area contributed by atoms with Crippen LogP contribution in [0.4, 0.5) is 0 Å². The van der Waals surface area contributed by atoms with Gasteiger partial charge in [0.15, 0.2) is 0 Å². The van der Waals surface area contributed by atoms with Crippen LogP contribution in [0.5, 0.6) is 5.75 Å². The van der Waals surface area contributed by atoms with Crippen molar-refractivity contribution in [1.29, 1.82) is 0 Å². The number of aryl methyl sites for hydroxylation is 1. The van der Waals surface area contributed by atoms with Gasteiger partial charge in [0.2, 0.25) is 0 Å². The summed E-state index contributed by atoms with van der Waals surface area (Å²) in [6, 6.07) is 2.06. The fourth-order valence-corrected chi connectivity index (χ4v) is 1.09. The summed E-state index contributed by atoms with van der Waals surface area (Å²) in [5.41, 5.74) is -0.215. The largest absolute Gasteiger partial charge is 0.507 e. The second-order valence-corrected chi connectivity index (χ2v) is 2.79. The Morgan fingerprint density at radius 3 is 1.93 bits per heavy atom. The molecule has 0 aliphatic rings. The van der Waals surface area contributed by atoms with Crippen molar-refractivity contribution in [2.45, 2.75) is 6.92 Å². The van der Waals surface area contributed by atoms with Crippen molar-refractivity contribution < 1.29 is 47.3 Å². The Labute approximate surface area is 101 Å². The average Bonchev–Trinajstić information content (AvgIpc) is 2.02. The van der Waals surface area contributed by atoms with E-state index >= 15 is 0 Å². The van der Waals surface area contributed by atoms with Gasteiger partial charge < -0.3 is 15.3 Å². The van der Waals surface area contributed by atoms with Crippen LogP contribution in [0.3, 0.4) is 0 Å². The second-order valence-electron chi connectivity index (χ2n) is 2.79. The zero-order chi connectivity index (χ0) is 10.9. The number of benzene rings is 1. The third-order valence-corrected chi connectivity index (χ3v) is 1.80. The zero-order valence-electron chi connectivity index (χ0n) is 7.61. The molecule has 0 unspecified atom stereocenters. The fraction of sp³-hybridized carbons (Fsp3) is 0.111. The third-order valence-electron chi connectivity index (χ3n) is 1.80. The van der Waals surface area contributed by atoms with Gasteiger partial charge >= 0.3 is 11.9 Å².